The van der Waals surface area contributed by atoms with Crippen molar-refractivity contribution in [3.05, 3.63) is 40.5 Å². The van der Waals surface area contributed by atoms with Gasteiger partial charge in [-0.1, -0.05) is 17.4 Å². The lowest BCUT2D eigenvalue weighted by molar-refractivity contribution is -0.0230. The third-order valence-corrected chi connectivity index (χ3v) is 7.95. The zero-order valence-electron chi connectivity index (χ0n) is 20.1. The summed E-state index contributed by atoms with van der Waals surface area (Å²) in [5.74, 6) is -2.31. The number of benzene rings is 1. The van der Waals surface area contributed by atoms with E-state index >= 15 is 0 Å². The predicted octanol–water partition coefficient (Wildman–Crippen LogP) is 4.41. The Bertz CT molecular complexity index is 1200. The molecular weight excluding hydrogens is 472 g/mol. The van der Waals surface area contributed by atoms with Gasteiger partial charge in [0.2, 0.25) is 0 Å². The minimum absolute atomic E-state index is 0.0276. The summed E-state index contributed by atoms with van der Waals surface area (Å²) in [6.45, 7) is 2.86. The van der Waals surface area contributed by atoms with Crippen LogP contribution in [0.2, 0.25) is 0 Å². The highest BCUT2D eigenvalue weighted by molar-refractivity contribution is 7.13. The average Bonchev–Trinajstić information content (AvgIpc) is 3.52. The summed E-state index contributed by atoms with van der Waals surface area (Å²) in [7, 11) is 1.86. The first-order valence-electron chi connectivity index (χ1n) is 12.2. The van der Waals surface area contributed by atoms with E-state index in [0.717, 1.165) is 80.1 Å². The molecule has 1 aliphatic carbocycles. The largest absolute Gasteiger partial charge is 0.464 e. The summed E-state index contributed by atoms with van der Waals surface area (Å²) in [5.41, 5.74) is 2.46. The number of nitrogens with one attached hydrogen (secondary N) is 1. The van der Waals surface area contributed by atoms with Crippen LogP contribution in [0.3, 0.4) is 0 Å². The molecule has 0 spiro atoms. The van der Waals surface area contributed by atoms with E-state index in [2.05, 4.69) is 20.3 Å². The van der Waals surface area contributed by atoms with E-state index in [-0.39, 0.29) is 11.9 Å². The van der Waals surface area contributed by atoms with Crippen molar-refractivity contribution in [1.82, 2.24) is 25.0 Å². The van der Waals surface area contributed by atoms with Gasteiger partial charge < -0.3 is 10.1 Å². The number of halogens is 2. The Balaban J connectivity index is 1.09. The molecule has 188 valence electrons. The number of aryl methyl sites for hydroxylation is 1. The van der Waals surface area contributed by atoms with Crippen molar-refractivity contribution in [2.24, 2.45) is 13.0 Å². The van der Waals surface area contributed by atoms with E-state index in [1.807, 2.05) is 31.4 Å². The van der Waals surface area contributed by atoms with E-state index in [1.54, 1.807) is 4.68 Å². The van der Waals surface area contributed by atoms with Crippen LogP contribution in [0.4, 0.5) is 8.78 Å². The minimum Gasteiger partial charge on any atom is -0.464 e. The standard InChI is InChI=1S/C25H31F2N5O2S/c1-25(26,27)15-34-24-29-21-14-32(11-9-22(21)35-24)10-8-16-6-7-17(12-16)28-23(33)18-4-3-5-20-19(18)13-31(2)30-20/h3-5,13,16-17H,6-12,14-15H2,1-2H3,(H,28,33)/t16-,17-/m1/s1. The van der Waals surface area contributed by atoms with Crippen molar-refractivity contribution in [1.29, 1.82) is 0 Å². The van der Waals surface area contributed by atoms with Gasteiger partial charge in [0, 0.05) is 49.6 Å². The molecule has 1 fully saturated rings. The molecule has 1 aliphatic heterocycles. The predicted molar refractivity (Wildman–Crippen MR) is 131 cm³/mol. The third kappa shape index (κ3) is 5.81. The second-order valence-corrected chi connectivity index (χ2v) is 11.0. The van der Waals surface area contributed by atoms with Crippen molar-refractivity contribution < 1.29 is 18.3 Å². The fourth-order valence-corrected chi connectivity index (χ4v) is 6.03. The van der Waals surface area contributed by atoms with Crippen LogP contribution in [-0.2, 0) is 20.0 Å². The van der Waals surface area contributed by atoms with Crippen LogP contribution in [0, 0.1) is 5.92 Å². The SMILES string of the molecule is Cn1cc2c(C(=O)N[C@@H]3CC[C@H](CCN4CCc5sc(OCC(C)(F)F)nc5C4)C3)cccc2n1. The lowest BCUT2D eigenvalue weighted by atomic mass is 10.0. The summed E-state index contributed by atoms with van der Waals surface area (Å²) in [4.78, 5) is 20.9. The van der Waals surface area contributed by atoms with Gasteiger partial charge in [0.1, 0.15) is 0 Å². The molecular formula is C25H31F2N5O2S. The molecule has 1 N–H and O–H groups in total. The number of fused-ring (bicyclic) bond motifs is 2. The van der Waals surface area contributed by atoms with Crippen LogP contribution in [0.15, 0.2) is 24.4 Å². The van der Waals surface area contributed by atoms with E-state index in [1.165, 1.54) is 11.3 Å². The van der Waals surface area contributed by atoms with Crippen molar-refractivity contribution in [2.45, 2.75) is 57.5 Å². The first-order valence-corrected chi connectivity index (χ1v) is 13.0. The molecule has 1 saturated carbocycles. The molecule has 0 saturated heterocycles. The molecule has 0 bridgehead atoms. The molecule has 5 rings (SSSR count). The Hall–Kier alpha value is -2.59. The van der Waals surface area contributed by atoms with Gasteiger partial charge in [-0.05, 0) is 56.7 Å². The lowest BCUT2D eigenvalue weighted by Gasteiger charge is -2.26. The second-order valence-electron chi connectivity index (χ2n) is 9.91. The zero-order valence-corrected chi connectivity index (χ0v) is 20.9. The van der Waals surface area contributed by atoms with Gasteiger partial charge in [-0.15, -0.1) is 0 Å². The maximum atomic E-state index is 13.1. The van der Waals surface area contributed by atoms with Gasteiger partial charge in [-0.2, -0.15) is 5.10 Å². The number of carbonyl (C=O) groups excluding carboxylic acids is 1. The Morgan fingerprint density at radius 1 is 1.34 bits per heavy atom. The van der Waals surface area contributed by atoms with Crippen molar-refractivity contribution >= 4 is 28.1 Å². The van der Waals surface area contributed by atoms with Crippen LogP contribution in [-0.4, -0.2) is 57.2 Å². The van der Waals surface area contributed by atoms with E-state index in [0.29, 0.717) is 16.7 Å². The summed E-state index contributed by atoms with van der Waals surface area (Å²) in [5, 5.41) is 8.85. The van der Waals surface area contributed by atoms with Crippen LogP contribution in [0.5, 0.6) is 5.19 Å². The molecule has 1 aromatic carbocycles. The van der Waals surface area contributed by atoms with Gasteiger partial charge in [0.05, 0.1) is 16.8 Å². The summed E-state index contributed by atoms with van der Waals surface area (Å²) in [6.07, 6.45) is 6.95. The van der Waals surface area contributed by atoms with Crippen molar-refractivity contribution in [3.8, 4) is 5.19 Å². The second kappa shape index (κ2) is 9.81. The lowest BCUT2D eigenvalue weighted by Crippen LogP contribution is -2.33. The molecule has 2 aromatic heterocycles. The molecule has 35 heavy (non-hydrogen) atoms. The number of aromatic nitrogens is 3. The smallest absolute Gasteiger partial charge is 0.278 e. The van der Waals surface area contributed by atoms with Crippen molar-refractivity contribution in [2.75, 3.05) is 19.7 Å². The Morgan fingerprint density at radius 2 is 2.20 bits per heavy atom. The number of nitrogens with zero attached hydrogens (tertiary/aromatic N) is 4. The topological polar surface area (TPSA) is 72.3 Å². The minimum atomic E-state index is -2.86. The molecule has 3 aromatic rings. The number of ether oxygens (including phenoxy) is 1. The number of alkyl halides is 2. The van der Waals surface area contributed by atoms with Gasteiger partial charge in [0.25, 0.3) is 17.0 Å². The molecule has 2 atom stereocenters. The van der Waals surface area contributed by atoms with E-state index < -0.39 is 12.5 Å². The Morgan fingerprint density at radius 3 is 3.03 bits per heavy atom. The fourth-order valence-electron chi connectivity index (χ4n) is 5.13. The zero-order chi connectivity index (χ0) is 24.6. The molecule has 7 nitrogen and oxygen atoms in total. The number of amides is 1. The Kier molecular flexibility index (Phi) is 6.76. The average molecular weight is 504 g/mol. The number of thiazole rings is 1. The highest BCUT2D eigenvalue weighted by Gasteiger charge is 2.29. The number of hydrogen-bond donors (Lipinski definition) is 1. The van der Waals surface area contributed by atoms with Gasteiger partial charge in [0.15, 0.2) is 6.61 Å². The fraction of sp³-hybridized carbons (Fsp3) is 0.560. The first kappa shape index (κ1) is 24.1. The van der Waals surface area contributed by atoms with Gasteiger partial charge in [-0.3, -0.25) is 14.4 Å². The summed E-state index contributed by atoms with van der Waals surface area (Å²) in [6, 6.07) is 5.86. The Labute approximate surface area is 207 Å². The molecule has 3 heterocycles. The number of hydrogen-bond acceptors (Lipinski definition) is 6. The quantitative estimate of drug-likeness (QED) is 0.493. The first-order chi connectivity index (χ1) is 16.7. The maximum absolute atomic E-state index is 13.1. The van der Waals surface area contributed by atoms with Gasteiger partial charge in [-0.25, -0.2) is 13.8 Å². The van der Waals surface area contributed by atoms with E-state index in [9.17, 15) is 13.6 Å². The number of carbonyl (C=O) groups is 1. The monoisotopic (exact) mass is 503 g/mol. The van der Waals surface area contributed by atoms with E-state index in [4.69, 9.17) is 4.74 Å². The van der Waals surface area contributed by atoms with Crippen LogP contribution in [0.1, 0.15) is 53.5 Å². The van der Waals surface area contributed by atoms with Crippen molar-refractivity contribution in [3.63, 3.8) is 0 Å². The molecule has 10 heteroatoms. The molecule has 2 aliphatic rings. The molecule has 0 unspecified atom stereocenters. The summed E-state index contributed by atoms with van der Waals surface area (Å²) >= 11 is 1.39. The van der Waals surface area contributed by atoms with Crippen LogP contribution < -0.4 is 10.1 Å². The third-order valence-electron chi connectivity index (χ3n) is 6.88. The van der Waals surface area contributed by atoms with Gasteiger partial charge >= 0.3 is 0 Å². The maximum Gasteiger partial charge on any atom is 0.278 e. The normalized spacial score (nSPS) is 20.8. The molecule has 0 radical (unpaired) electrons. The summed E-state index contributed by atoms with van der Waals surface area (Å²) < 4.78 is 33.1. The van der Waals surface area contributed by atoms with Crippen LogP contribution >= 0.6 is 11.3 Å². The van der Waals surface area contributed by atoms with Crippen LogP contribution in [0.25, 0.3) is 10.9 Å². The molecule has 1 amide bonds. The highest BCUT2D eigenvalue weighted by atomic mass is 32.1. The highest BCUT2D eigenvalue weighted by Crippen LogP contribution is 2.33. The number of rotatable bonds is 8.